The topological polar surface area (TPSA) is 180 Å². The molecule has 0 radical (unpaired) electrons. The Morgan fingerprint density at radius 3 is 2.45 bits per heavy atom. The molecule has 1 unspecified atom stereocenters. The first-order valence-electron chi connectivity index (χ1n) is 24.5. The number of rotatable bonds is 14. The molecule has 0 bridgehead atoms. The van der Waals surface area contributed by atoms with Crippen molar-refractivity contribution >= 4 is 91.0 Å². The predicted molar refractivity (Wildman–Crippen MR) is 275 cm³/mol. The molecule has 10 rings (SSSR count). The van der Waals surface area contributed by atoms with Gasteiger partial charge in [0.15, 0.2) is 5.58 Å². The van der Waals surface area contributed by atoms with Crippen molar-refractivity contribution in [3.05, 3.63) is 92.6 Å². The maximum Gasteiger partial charge on any atom is 0.420 e. The van der Waals surface area contributed by atoms with E-state index < -0.39 is 24.8 Å². The molecule has 3 N–H and O–H groups in total. The van der Waals surface area contributed by atoms with Crippen molar-refractivity contribution in [3.63, 3.8) is 0 Å². The SMILES string of the molecule is CCOc1cc(N2CCC(N3CCN(CCc4ccc5c(c4)oc(=O)n5C4CCC(=O)NC4=O)CC3)CC2)c(CC)cc1Nc1ncc(Br)c(Nc2ccc3nc(C)ccc3c2P2(=O)CCCC2)n1. The number of nitrogens with one attached hydrogen (secondary N) is 3. The zero-order valence-corrected chi connectivity index (χ0v) is 42.0. The van der Waals surface area contributed by atoms with Crippen molar-refractivity contribution in [2.75, 3.05) is 80.3 Å². The van der Waals surface area contributed by atoms with Crippen LogP contribution in [0.5, 0.6) is 5.75 Å². The fourth-order valence-corrected chi connectivity index (χ4v) is 14.4. The van der Waals surface area contributed by atoms with Gasteiger partial charge in [-0.15, -0.1) is 0 Å². The number of pyridine rings is 1. The van der Waals surface area contributed by atoms with E-state index in [2.05, 4.69) is 76.7 Å². The number of anilines is 5. The third-order valence-electron chi connectivity index (χ3n) is 14.4. The summed E-state index contributed by atoms with van der Waals surface area (Å²) in [6, 6.07) is 17.9. The Hall–Kier alpha value is -5.61. The molecule has 362 valence electrons. The quantitative estimate of drug-likeness (QED) is 0.0705. The number of oxazole rings is 1. The maximum absolute atomic E-state index is 14.5. The molecule has 6 aromatic rings. The summed E-state index contributed by atoms with van der Waals surface area (Å²) >= 11 is 3.68. The van der Waals surface area contributed by atoms with E-state index in [1.165, 1.54) is 15.8 Å². The van der Waals surface area contributed by atoms with Crippen LogP contribution in [0, 0.1) is 6.92 Å². The van der Waals surface area contributed by atoms with Gasteiger partial charge in [0.1, 0.15) is 24.8 Å². The lowest BCUT2D eigenvalue weighted by Crippen LogP contribution is -2.53. The molecule has 3 aromatic carbocycles. The second-order valence-corrected chi connectivity index (χ2v) is 22.8. The van der Waals surface area contributed by atoms with Gasteiger partial charge in [0, 0.05) is 105 Å². The van der Waals surface area contributed by atoms with Gasteiger partial charge in [-0.3, -0.25) is 29.4 Å². The lowest BCUT2D eigenvalue weighted by Gasteiger charge is -2.43. The van der Waals surface area contributed by atoms with E-state index in [4.69, 9.17) is 19.1 Å². The molecule has 69 heavy (non-hydrogen) atoms. The van der Waals surface area contributed by atoms with E-state index in [1.807, 2.05) is 50.2 Å². The van der Waals surface area contributed by atoms with Gasteiger partial charge in [-0.05, 0) is 122 Å². The molecule has 0 spiro atoms. The van der Waals surface area contributed by atoms with E-state index in [0.29, 0.717) is 52.3 Å². The van der Waals surface area contributed by atoms with E-state index in [0.717, 1.165) is 129 Å². The number of hydrogen-bond donors (Lipinski definition) is 3. The average Bonchev–Trinajstić information content (AvgIpc) is 3.94. The summed E-state index contributed by atoms with van der Waals surface area (Å²) in [5.41, 5.74) is 7.90. The molecular weight excluding hydrogens is 960 g/mol. The first-order chi connectivity index (χ1) is 33.5. The Labute approximate surface area is 410 Å². The molecule has 2 amide bonds. The Kier molecular flexibility index (Phi) is 13.7. The molecule has 16 nitrogen and oxygen atoms in total. The number of nitrogens with zero attached hydrogens (tertiary/aromatic N) is 7. The normalized spacial score (nSPS) is 19.4. The van der Waals surface area contributed by atoms with E-state index in [1.54, 1.807) is 6.20 Å². The summed E-state index contributed by atoms with van der Waals surface area (Å²) in [6.45, 7) is 13.6. The molecule has 3 aromatic heterocycles. The highest BCUT2D eigenvalue weighted by Gasteiger charge is 2.35. The number of ether oxygens (including phenoxy) is 1. The second kappa shape index (κ2) is 20.0. The number of benzene rings is 3. The van der Waals surface area contributed by atoms with Crippen molar-refractivity contribution in [1.82, 2.24) is 34.6 Å². The maximum atomic E-state index is 14.5. The van der Waals surface area contributed by atoms with E-state index in [9.17, 15) is 18.9 Å². The highest BCUT2D eigenvalue weighted by atomic mass is 79.9. The Balaban J connectivity index is 0.764. The first kappa shape index (κ1) is 47.1. The molecule has 18 heteroatoms. The van der Waals surface area contributed by atoms with Crippen LogP contribution in [0.1, 0.15) is 75.2 Å². The zero-order chi connectivity index (χ0) is 47.8. The second-order valence-electron chi connectivity index (χ2n) is 18.8. The monoisotopic (exact) mass is 1020 g/mol. The van der Waals surface area contributed by atoms with Crippen LogP contribution in [0.4, 0.5) is 28.8 Å². The van der Waals surface area contributed by atoms with Crippen molar-refractivity contribution in [2.24, 2.45) is 0 Å². The molecule has 0 saturated carbocycles. The van der Waals surface area contributed by atoms with Gasteiger partial charge in [0.2, 0.25) is 17.8 Å². The van der Waals surface area contributed by atoms with Crippen LogP contribution in [0.25, 0.3) is 22.0 Å². The van der Waals surface area contributed by atoms with Gasteiger partial charge >= 0.3 is 5.76 Å². The lowest BCUT2D eigenvalue weighted by atomic mass is 9.99. The number of halogens is 1. The smallest absolute Gasteiger partial charge is 0.420 e. The van der Waals surface area contributed by atoms with Crippen LogP contribution >= 0.6 is 23.1 Å². The van der Waals surface area contributed by atoms with Crippen molar-refractivity contribution < 1.29 is 23.3 Å². The molecule has 4 aliphatic heterocycles. The standard InChI is InChI=1S/C51H60BrN10O6P/c1-4-34-29-40(56-50-53-31-37(52)48(58-50)55-39-12-11-38-36(10-8-32(3)54-38)47(39)69(66)26-6-7-27-69)44(67-5-2)30-43(34)61-20-17-35(18-21-61)60-24-22-59(23-25-60)19-16-33-9-13-41-45(28-33)68-51(65)62(41)42-14-15-46(63)57-49(42)64/h8-13,28-31,35,42H,4-7,14-27H2,1-3H3,(H,57,63,64)(H2,53,55,56,58). The number of imide groups is 1. The number of hydrogen-bond acceptors (Lipinski definition) is 14. The fraction of sp³-hybridized carbons (Fsp3) is 0.451. The van der Waals surface area contributed by atoms with E-state index in [-0.39, 0.29) is 18.7 Å². The van der Waals surface area contributed by atoms with Crippen LogP contribution in [0.2, 0.25) is 0 Å². The summed E-state index contributed by atoms with van der Waals surface area (Å²) in [4.78, 5) is 59.0. The number of aromatic nitrogens is 4. The third kappa shape index (κ3) is 9.80. The Bertz CT molecular complexity index is 3020. The summed E-state index contributed by atoms with van der Waals surface area (Å²) in [5, 5.41) is 11.2. The highest BCUT2D eigenvalue weighted by molar-refractivity contribution is 9.10. The number of amides is 2. The minimum Gasteiger partial charge on any atom is -0.492 e. The van der Waals surface area contributed by atoms with Crippen LogP contribution < -0.4 is 36.6 Å². The molecule has 4 aliphatic rings. The molecule has 4 saturated heterocycles. The van der Waals surface area contributed by atoms with Gasteiger partial charge in [-0.2, -0.15) is 4.98 Å². The number of aryl methyl sites for hydroxylation is 2. The summed E-state index contributed by atoms with van der Waals surface area (Å²) in [7, 11) is -2.64. The molecule has 4 fully saturated rings. The summed E-state index contributed by atoms with van der Waals surface area (Å²) < 4.78 is 28.4. The van der Waals surface area contributed by atoms with Crippen LogP contribution in [-0.4, -0.2) is 112 Å². The van der Waals surface area contributed by atoms with Crippen LogP contribution in [-0.2, 0) is 27.0 Å². The number of fused-ring (bicyclic) bond motifs is 2. The third-order valence-corrected chi connectivity index (χ3v) is 18.4. The predicted octanol–water partition coefficient (Wildman–Crippen LogP) is 8.04. The Morgan fingerprint density at radius 2 is 1.70 bits per heavy atom. The van der Waals surface area contributed by atoms with Crippen LogP contribution in [0.3, 0.4) is 0 Å². The minimum atomic E-state index is -2.64. The van der Waals surface area contributed by atoms with Gasteiger partial charge in [0.05, 0.1) is 33.5 Å². The fourth-order valence-electron chi connectivity index (χ4n) is 10.8. The van der Waals surface area contributed by atoms with Crippen molar-refractivity contribution in [1.29, 1.82) is 0 Å². The average molecular weight is 1020 g/mol. The Morgan fingerprint density at radius 1 is 0.899 bits per heavy atom. The first-order valence-corrected chi connectivity index (χ1v) is 27.4. The van der Waals surface area contributed by atoms with Gasteiger partial charge < -0.3 is 34.2 Å². The summed E-state index contributed by atoms with van der Waals surface area (Å²) in [5.74, 6) is 0.369. The van der Waals surface area contributed by atoms with Crippen molar-refractivity contribution in [3.8, 4) is 5.75 Å². The molecular formula is C51H60BrN10O6P. The number of carbonyl (C=O) groups is 2. The van der Waals surface area contributed by atoms with Crippen LogP contribution in [0.15, 0.2) is 74.5 Å². The molecule has 1 atom stereocenters. The summed E-state index contributed by atoms with van der Waals surface area (Å²) in [6.07, 6.45) is 9.35. The molecule has 7 heterocycles. The van der Waals surface area contributed by atoms with Gasteiger partial charge in [-0.25, -0.2) is 9.78 Å². The number of carbonyl (C=O) groups excluding carboxylic acids is 2. The van der Waals surface area contributed by atoms with E-state index >= 15 is 0 Å². The van der Waals surface area contributed by atoms with Gasteiger partial charge in [-0.1, -0.05) is 19.1 Å². The zero-order valence-electron chi connectivity index (χ0n) is 39.6. The largest absolute Gasteiger partial charge is 0.492 e. The van der Waals surface area contributed by atoms with Crippen molar-refractivity contribution in [2.45, 2.75) is 84.2 Å². The lowest BCUT2D eigenvalue weighted by molar-refractivity contribution is -0.135. The number of piperidine rings is 2. The molecule has 0 aliphatic carbocycles. The minimum absolute atomic E-state index is 0.191. The van der Waals surface area contributed by atoms with Gasteiger partial charge in [0.25, 0.3) is 0 Å². The number of piperazine rings is 1. The highest BCUT2D eigenvalue weighted by Crippen LogP contribution is 2.54.